The number of rotatable bonds is 8. The van der Waals surface area contributed by atoms with Crippen LogP contribution in [0.15, 0.2) is 18.2 Å². The van der Waals surface area contributed by atoms with E-state index in [1.807, 2.05) is 33.2 Å². The number of aryl methyl sites for hydroxylation is 2. The van der Waals surface area contributed by atoms with Crippen molar-refractivity contribution in [3.63, 3.8) is 0 Å². The Labute approximate surface area is 122 Å². The Bertz CT molecular complexity index is 430. The Hall–Kier alpha value is -1.55. The van der Waals surface area contributed by atoms with Gasteiger partial charge in [0.25, 0.3) is 0 Å². The summed E-state index contributed by atoms with van der Waals surface area (Å²) in [6.45, 7) is 3.76. The molecule has 0 bridgehead atoms. The molecule has 0 aliphatic rings. The van der Waals surface area contributed by atoms with Crippen molar-refractivity contribution in [2.45, 2.75) is 26.2 Å². The van der Waals surface area contributed by atoms with Gasteiger partial charge in [-0.25, -0.2) is 0 Å². The minimum atomic E-state index is 0.122. The molecule has 1 aromatic carbocycles. The van der Waals surface area contributed by atoms with Crippen LogP contribution in [0.5, 0.6) is 5.75 Å². The lowest BCUT2D eigenvalue weighted by molar-refractivity contribution is -0.121. The van der Waals surface area contributed by atoms with E-state index in [2.05, 4.69) is 16.3 Å². The first-order valence-corrected chi connectivity index (χ1v) is 7.08. The van der Waals surface area contributed by atoms with Gasteiger partial charge in [-0.05, 0) is 57.6 Å². The first kappa shape index (κ1) is 16.5. The lowest BCUT2D eigenvalue weighted by atomic mass is 10.1. The molecule has 0 fully saturated rings. The zero-order valence-corrected chi connectivity index (χ0v) is 13.0. The molecule has 20 heavy (non-hydrogen) atoms. The smallest absolute Gasteiger partial charge is 0.220 e. The Morgan fingerprint density at radius 3 is 2.70 bits per heavy atom. The van der Waals surface area contributed by atoms with Crippen molar-refractivity contribution in [3.05, 3.63) is 29.3 Å². The number of benzene rings is 1. The van der Waals surface area contributed by atoms with Crippen LogP contribution < -0.4 is 10.1 Å². The highest BCUT2D eigenvalue weighted by Crippen LogP contribution is 2.19. The Balaban J connectivity index is 2.28. The van der Waals surface area contributed by atoms with Crippen LogP contribution in [0.25, 0.3) is 0 Å². The van der Waals surface area contributed by atoms with Gasteiger partial charge in [0.05, 0.1) is 7.11 Å². The van der Waals surface area contributed by atoms with Crippen LogP contribution in [-0.2, 0) is 11.2 Å². The number of nitrogens with zero attached hydrogens (tertiary/aromatic N) is 1. The highest BCUT2D eigenvalue weighted by molar-refractivity contribution is 5.76. The highest BCUT2D eigenvalue weighted by Gasteiger charge is 2.04. The van der Waals surface area contributed by atoms with Gasteiger partial charge in [0.15, 0.2) is 0 Å². The van der Waals surface area contributed by atoms with Gasteiger partial charge in [0.1, 0.15) is 5.75 Å². The quantitative estimate of drug-likeness (QED) is 0.740. The summed E-state index contributed by atoms with van der Waals surface area (Å²) in [6.07, 6.45) is 2.29. The molecule has 4 heteroatoms. The molecular weight excluding hydrogens is 252 g/mol. The van der Waals surface area contributed by atoms with Gasteiger partial charge in [-0.1, -0.05) is 12.1 Å². The molecule has 1 rings (SSSR count). The molecule has 0 spiro atoms. The molecule has 0 atom stereocenters. The molecule has 0 aliphatic heterocycles. The molecule has 112 valence electrons. The monoisotopic (exact) mass is 278 g/mol. The summed E-state index contributed by atoms with van der Waals surface area (Å²) in [5.74, 6) is 1.01. The van der Waals surface area contributed by atoms with Crippen molar-refractivity contribution >= 4 is 5.91 Å². The predicted molar refractivity (Wildman–Crippen MR) is 82.2 cm³/mol. The highest BCUT2D eigenvalue weighted by atomic mass is 16.5. The van der Waals surface area contributed by atoms with E-state index in [1.165, 1.54) is 5.56 Å². The van der Waals surface area contributed by atoms with Crippen molar-refractivity contribution in [2.24, 2.45) is 0 Å². The van der Waals surface area contributed by atoms with Crippen LogP contribution in [0.3, 0.4) is 0 Å². The summed E-state index contributed by atoms with van der Waals surface area (Å²) in [5, 5.41) is 2.96. The van der Waals surface area contributed by atoms with Gasteiger partial charge in [-0.3, -0.25) is 4.79 Å². The second-order valence-corrected chi connectivity index (χ2v) is 5.31. The van der Waals surface area contributed by atoms with Crippen LogP contribution in [0.4, 0.5) is 0 Å². The van der Waals surface area contributed by atoms with Crippen LogP contribution >= 0.6 is 0 Å². The summed E-state index contributed by atoms with van der Waals surface area (Å²) in [5.41, 5.74) is 2.28. The average Bonchev–Trinajstić information content (AvgIpc) is 2.41. The summed E-state index contributed by atoms with van der Waals surface area (Å²) in [6, 6.07) is 6.06. The molecule has 0 radical (unpaired) electrons. The maximum atomic E-state index is 11.7. The summed E-state index contributed by atoms with van der Waals surface area (Å²) < 4.78 is 5.23. The largest absolute Gasteiger partial charge is 0.496 e. The van der Waals surface area contributed by atoms with Gasteiger partial charge < -0.3 is 15.0 Å². The topological polar surface area (TPSA) is 41.6 Å². The zero-order valence-electron chi connectivity index (χ0n) is 13.0. The fourth-order valence-corrected chi connectivity index (χ4v) is 2.07. The first-order chi connectivity index (χ1) is 9.52. The van der Waals surface area contributed by atoms with Crippen LogP contribution in [0.2, 0.25) is 0 Å². The van der Waals surface area contributed by atoms with Crippen molar-refractivity contribution in [3.8, 4) is 5.75 Å². The molecular formula is C16H26N2O2. The molecule has 0 saturated carbocycles. The van der Waals surface area contributed by atoms with E-state index in [9.17, 15) is 4.79 Å². The lowest BCUT2D eigenvalue weighted by Gasteiger charge is -2.10. The van der Waals surface area contributed by atoms with Gasteiger partial charge >= 0.3 is 0 Å². The van der Waals surface area contributed by atoms with Gasteiger partial charge in [0.2, 0.25) is 5.91 Å². The van der Waals surface area contributed by atoms with Crippen molar-refractivity contribution in [1.82, 2.24) is 10.2 Å². The molecule has 0 heterocycles. The third-order valence-corrected chi connectivity index (χ3v) is 3.20. The number of ether oxygens (including phenoxy) is 1. The second kappa shape index (κ2) is 8.59. The van der Waals surface area contributed by atoms with E-state index in [4.69, 9.17) is 4.74 Å². The summed E-state index contributed by atoms with van der Waals surface area (Å²) >= 11 is 0. The van der Waals surface area contributed by atoms with E-state index in [1.54, 1.807) is 7.11 Å². The fraction of sp³-hybridized carbons (Fsp3) is 0.562. The Kier molecular flexibility index (Phi) is 7.09. The van der Waals surface area contributed by atoms with Gasteiger partial charge in [-0.15, -0.1) is 0 Å². The van der Waals surface area contributed by atoms with Gasteiger partial charge in [-0.2, -0.15) is 0 Å². The average molecular weight is 278 g/mol. The normalized spacial score (nSPS) is 10.7. The van der Waals surface area contributed by atoms with E-state index in [-0.39, 0.29) is 5.91 Å². The summed E-state index contributed by atoms with van der Waals surface area (Å²) in [4.78, 5) is 13.8. The molecule has 0 saturated heterocycles. The molecule has 0 unspecified atom stereocenters. The SMILES string of the molecule is COc1ccc(CCC(=O)NCCCN(C)C)cc1C. The molecule has 4 nitrogen and oxygen atoms in total. The molecule has 1 amide bonds. The maximum Gasteiger partial charge on any atom is 0.220 e. The number of carbonyl (C=O) groups is 1. The predicted octanol–water partition coefficient (Wildman–Crippen LogP) is 2.00. The molecule has 0 aliphatic carbocycles. The molecule has 1 N–H and O–H groups in total. The Morgan fingerprint density at radius 1 is 1.35 bits per heavy atom. The van der Waals surface area contributed by atoms with Crippen molar-refractivity contribution in [1.29, 1.82) is 0 Å². The van der Waals surface area contributed by atoms with Crippen LogP contribution in [0, 0.1) is 6.92 Å². The van der Waals surface area contributed by atoms with E-state index in [0.717, 1.165) is 37.2 Å². The first-order valence-electron chi connectivity index (χ1n) is 7.08. The number of nitrogens with one attached hydrogen (secondary N) is 1. The zero-order chi connectivity index (χ0) is 15.0. The lowest BCUT2D eigenvalue weighted by Crippen LogP contribution is -2.27. The number of hydrogen-bond donors (Lipinski definition) is 1. The summed E-state index contributed by atoms with van der Waals surface area (Å²) in [7, 11) is 5.74. The van der Waals surface area contributed by atoms with Crippen LogP contribution in [0.1, 0.15) is 24.0 Å². The fourth-order valence-electron chi connectivity index (χ4n) is 2.07. The second-order valence-electron chi connectivity index (χ2n) is 5.31. The van der Waals surface area contributed by atoms with Crippen molar-refractivity contribution in [2.75, 3.05) is 34.3 Å². The van der Waals surface area contributed by atoms with E-state index < -0.39 is 0 Å². The number of carbonyl (C=O) groups excluding carboxylic acids is 1. The number of methoxy groups -OCH3 is 1. The maximum absolute atomic E-state index is 11.7. The van der Waals surface area contributed by atoms with E-state index >= 15 is 0 Å². The van der Waals surface area contributed by atoms with Crippen LogP contribution in [-0.4, -0.2) is 45.1 Å². The molecule has 1 aromatic rings. The van der Waals surface area contributed by atoms with Gasteiger partial charge in [0, 0.05) is 13.0 Å². The minimum absolute atomic E-state index is 0.122. The third-order valence-electron chi connectivity index (χ3n) is 3.20. The standard InChI is InChI=1S/C16H26N2O2/c1-13-12-14(6-8-15(13)20-4)7-9-16(19)17-10-5-11-18(2)3/h6,8,12H,5,7,9-11H2,1-4H3,(H,17,19). The minimum Gasteiger partial charge on any atom is -0.496 e. The number of hydrogen-bond acceptors (Lipinski definition) is 3. The Morgan fingerprint density at radius 2 is 2.10 bits per heavy atom. The van der Waals surface area contributed by atoms with Crippen molar-refractivity contribution < 1.29 is 9.53 Å². The van der Waals surface area contributed by atoms with E-state index in [0.29, 0.717) is 6.42 Å². The molecule has 0 aromatic heterocycles. The third kappa shape index (κ3) is 6.06. The number of amides is 1.